The summed E-state index contributed by atoms with van der Waals surface area (Å²) in [7, 11) is -3.50. The number of anilines is 1. The smallest absolute Gasteiger partial charge is 0.243 e. The molecule has 1 fully saturated rings. The standard InChI is InChI=1S/C20H23ClN2O4S2/c21-16-5-3-7-18(13-16)27-11-12-28-15-20(24)22-17-6-4-8-19(14-17)29(25,26)23-9-1-2-10-23/h3-8,13-14H,1-2,9-12,15H2,(H,22,24). The van der Waals surface area contributed by atoms with Crippen LogP contribution >= 0.6 is 23.4 Å². The van der Waals surface area contributed by atoms with Crippen molar-refractivity contribution in [2.45, 2.75) is 17.7 Å². The van der Waals surface area contributed by atoms with Gasteiger partial charge in [0.25, 0.3) is 0 Å². The van der Waals surface area contributed by atoms with Gasteiger partial charge in [-0.1, -0.05) is 23.7 Å². The maximum atomic E-state index is 12.6. The maximum absolute atomic E-state index is 12.6. The van der Waals surface area contributed by atoms with E-state index in [-0.39, 0.29) is 16.6 Å². The maximum Gasteiger partial charge on any atom is 0.243 e. The number of nitrogens with zero attached hydrogens (tertiary/aromatic N) is 1. The normalized spacial score (nSPS) is 14.7. The van der Waals surface area contributed by atoms with Crippen LogP contribution in [0.5, 0.6) is 5.75 Å². The van der Waals surface area contributed by atoms with Crippen LogP contribution in [0.25, 0.3) is 0 Å². The number of amides is 1. The molecule has 0 unspecified atom stereocenters. The average molecular weight is 455 g/mol. The van der Waals surface area contributed by atoms with Crippen LogP contribution in [0.15, 0.2) is 53.4 Å². The van der Waals surface area contributed by atoms with Crippen molar-refractivity contribution < 1.29 is 17.9 Å². The molecule has 1 N–H and O–H groups in total. The molecule has 2 aromatic carbocycles. The van der Waals surface area contributed by atoms with Crippen LogP contribution in [-0.4, -0.2) is 49.8 Å². The Morgan fingerprint density at radius 3 is 2.66 bits per heavy atom. The monoisotopic (exact) mass is 454 g/mol. The third kappa shape index (κ3) is 6.37. The molecule has 0 aromatic heterocycles. The molecule has 9 heteroatoms. The van der Waals surface area contributed by atoms with Crippen LogP contribution in [0.4, 0.5) is 5.69 Å². The summed E-state index contributed by atoms with van der Waals surface area (Å²) in [4.78, 5) is 12.4. The first kappa shape index (κ1) is 22.0. The van der Waals surface area contributed by atoms with E-state index >= 15 is 0 Å². The molecule has 156 valence electrons. The predicted octanol–water partition coefficient (Wildman–Crippen LogP) is 3.88. The molecule has 0 saturated carbocycles. The quantitative estimate of drug-likeness (QED) is 0.582. The van der Waals surface area contributed by atoms with Gasteiger partial charge >= 0.3 is 0 Å². The summed E-state index contributed by atoms with van der Waals surface area (Å²) in [5.41, 5.74) is 0.478. The van der Waals surface area contributed by atoms with Crippen molar-refractivity contribution in [1.82, 2.24) is 4.31 Å². The van der Waals surface area contributed by atoms with Crippen LogP contribution in [-0.2, 0) is 14.8 Å². The van der Waals surface area contributed by atoms with Crippen molar-refractivity contribution in [1.29, 1.82) is 0 Å². The molecule has 3 rings (SSSR count). The Kier molecular flexibility index (Phi) is 7.83. The Labute approximate surface area is 180 Å². The molecule has 1 amide bonds. The van der Waals surface area contributed by atoms with Gasteiger partial charge in [-0.15, -0.1) is 11.8 Å². The topological polar surface area (TPSA) is 75.7 Å². The number of benzene rings is 2. The fraction of sp³-hybridized carbons (Fsp3) is 0.350. The Balaban J connectivity index is 1.44. The van der Waals surface area contributed by atoms with Gasteiger partial charge < -0.3 is 10.1 Å². The van der Waals surface area contributed by atoms with Gasteiger partial charge in [-0.05, 0) is 49.2 Å². The van der Waals surface area contributed by atoms with Crippen molar-refractivity contribution in [3.63, 3.8) is 0 Å². The third-order valence-corrected chi connectivity index (χ3v) is 7.40. The van der Waals surface area contributed by atoms with E-state index in [2.05, 4.69) is 5.32 Å². The SMILES string of the molecule is O=C(CSCCOc1cccc(Cl)c1)Nc1cccc(S(=O)(=O)N2CCCC2)c1. The lowest BCUT2D eigenvalue weighted by Crippen LogP contribution is -2.28. The zero-order valence-corrected chi connectivity index (χ0v) is 18.2. The van der Waals surface area contributed by atoms with Crippen molar-refractivity contribution in [3.8, 4) is 5.75 Å². The summed E-state index contributed by atoms with van der Waals surface area (Å²) in [6, 6.07) is 13.6. The lowest BCUT2D eigenvalue weighted by molar-refractivity contribution is -0.113. The Morgan fingerprint density at radius 2 is 1.90 bits per heavy atom. The number of nitrogens with one attached hydrogen (secondary N) is 1. The molecular weight excluding hydrogens is 432 g/mol. The second-order valence-corrected chi connectivity index (χ2v) is 10.0. The number of sulfonamides is 1. The van der Waals surface area contributed by atoms with Crippen molar-refractivity contribution >= 4 is 45.0 Å². The highest BCUT2D eigenvalue weighted by Crippen LogP contribution is 2.23. The van der Waals surface area contributed by atoms with E-state index in [4.69, 9.17) is 16.3 Å². The van der Waals surface area contributed by atoms with Crippen LogP contribution in [0.2, 0.25) is 5.02 Å². The molecule has 1 aliphatic rings. The van der Waals surface area contributed by atoms with E-state index in [0.29, 0.717) is 41.9 Å². The van der Waals surface area contributed by atoms with Gasteiger partial charge in [0.1, 0.15) is 5.75 Å². The second kappa shape index (κ2) is 10.3. The number of halogens is 1. The van der Waals surface area contributed by atoms with Crippen molar-refractivity contribution in [2.24, 2.45) is 0 Å². The van der Waals surface area contributed by atoms with Crippen molar-refractivity contribution in [2.75, 3.05) is 36.5 Å². The predicted molar refractivity (Wildman–Crippen MR) is 117 cm³/mol. The highest BCUT2D eigenvalue weighted by atomic mass is 35.5. The lowest BCUT2D eigenvalue weighted by atomic mass is 10.3. The van der Waals surface area contributed by atoms with E-state index in [9.17, 15) is 13.2 Å². The van der Waals surface area contributed by atoms with Crippen LogP contribution in [0.3, 0.4) is 0 Å². The molecule has 0 aliphatic carbocycles. The molecule has 0 atom stereocenters. The number of rotatable bonds is 9. The van der Waals surface area contributed by atoms with Gasteiger partial charge in [-0.3, -0.25) is 4.79 Å². The molecule has 29 heavy (non-hydrogen) atoms. The number of thioether (sulfide) groups is 1. The second-order valence-electron chi connectivity index (χ2n) is 6.55. The molecule has 1 heterocycles. The zero-order chi connectivity index (χ0) is 20.7. The minimum Gasteiger partial charge on any atom is -0.493 e. The summed E-state index contributed by atoms with van der Waals surface area (Å²) in [5.74, 6) is 1.40. The minimum absolute atomic E-state index is 0.187. The van der Waals surface area contributed by atoms with E-state index in [1.54, 1.807) is 30.3 Å². The highest BCUT2D eigenvalue weighted by molar-refractivity contribution is 7.99. The van der Waals surface area contributed by atoms with Gasteiger partial charge in [0.15, 0.2) is 0 Å². The van der Waals surface area contributed by atoms with E-state index in [0.717, 1.165) is 12.8 Å². The van der Waals surface area contributed by atoms with Gasteiger partial charge in [0.05, 0.1) is 17.3 Å². The van der Waals surface area contributed by atoms with E-state index in [1.807, 2.05) is 12.1 Å². The Hall–Kier alpha value is -1.74. The minimum atomic E-state index is -3.50. The highest BCUT2D eigenvalue weighted by Gasteiger charge is 2.27. The first-order valence-electron chi connectivity index (χ1n) is 9.31. The van der Waals surface area contributed by atoms with E-state index < -0.39 is 10.0 Å². The first-order chi connectivity index (χ1) is 13.9. The van der Waals surface area contributed by atoms with Gasteiger partial charge in [0, 0.05) is 29.6 Å². The summed E-state index contributed by atoms with van der Waals surface area (Å²) >= 11 is 7.34. The summed E-state index contributed by atoms with van der Waals surface area (Å²) in [5, 5.41) is 3.37. The fourth-order valence-electron chi connectivity index (χ4n) is 2.95. The largest absolute Gasteiger partial charge is 0.493 e. The number of hydrogen-bond acceptors (Lipinski definition) is 5. The van der Waals surface area contributed by atoms with Gasteiger partial charge in [0.2, 0.25) is 15.9 Å². The molecule has 0 radical (unpaired) electrons. The van der Waals surface area contributed by atoms with Gasteiger partial charge in [-0.25, -0.2) is 8.42 Å². The summed E-state index contributed by atoms with van der Waals surface area (Å²) in [6.45, 7) is 1.56. The van der Waals surface area contributed by atoms with E-state index in [1.165, 1.54) is 22.1 Å². The first-order valence-corrected chi connectivity index (χ1v) is 12.3. The Bertz CT molecular complexity index is 947. The number of ether oxygens (including phenoxy) is 1. The molecule has 2 aromatic rings. The Morgan fingerprint density at radius 1 is 1.14 bits per heavy atom. The fourth-order valence-corrected chi connectivity index (χ4v) is 5.30. The average Bonchev–Trinajstić information content (AvgIpc) is 3.24. The van der Waals surface area contributed by atoms with Crippen molar-refractivity contribution in [3.05, 3.63) is 53.6 Å². The van der Waals surface area contributed by atoms with Crippen LogP contribution in [0, 0.1) is 0 Å². The summed E-state index contributed by atoms with van der Waals surface area (Å²) in [6.07, 6.45) is 1.77. The number of carbonyl (C=O) groups is 1. The van der Waals surface area contributed by atoms with Crippen LogP contribution < -0.4 is 10.1 Å². The summed E-state index contributed by atoms with van der Waals surface area (Å²) < 4.78 is 32.4. The zero-order valence-electron chi connectivity index (χ0n) is 15.8. The molecule has 0 spiro atoms. The number of carbonyl (C=O) groups excluding carboxylic acids is 1. The molecule has 6 nitrogen and oxygen atoms in total. The number of hydrogen-bond donors (Lipinski definition) is 1. The lowest BCUT2D eigenvalue weighted by Gasteiger charge is -2.16. The third-order valence-electron chi connectivity index (χ3n) is 4.35. The molecular formula is C20H23ClN2O4S2. The molecule has 1 aliphatic heterocycles. The van der Waals surface area contributed by atoms with Crippen LogP contribution in [0.1, 0.15) is 12.8 Å². The molecule has 1 saturated heterocycles. The van der Waals surface area contributed by atoms with Gasteiger partial charge in [-0.2, -0.15) is 4.31 Å². The molecule has 0 bridgehead atoms.